The molecule has 1 aliphatic heterocycles. The van der Waals surface area contributed by atoms with Crippen LogP contribution >= 0.6 is 11.3 Å². The fourth-order valence-electron chi connectivity index (χ4n) is 3.62. The van der Waals surface area contributed by atoms with Gasteiger partial charge in [0.15, 0.2) is 11.5 Å². The van der Waals surface area contributed by atoms with Gasteiger partial charge in [0.05, 0.1) is 37.3 Å². The van der Waals surface area contributed by atoms with Crippen molar-refractivity contribution in [3.05, 3.63) is 59.0 Å². The predicted molar refractivity (Wildman–Crippen MR) is 125 cm³/mol. The molecule has 0 bridgehead atoms. The fraction of sp³-hybridized carbons (Fsp3) is 0.292. The molecule has 0 aliphatic carbocycles. The summed E-state index contributed by atoms with van der Waals surface area (Å²) < 4.78 is 16.2. The highest BCUT2D eigenvalue weighted by Crippen LogP contribution is 2.40. The van der Waals surface area contributed by atoms with Crippen LogP contribution in [0.25, 0.3) is 11.1 Å². The van der Waals surface area contributed by atoms with Gasteiger partial charge in [0, 0.05) is 30.4 Å². The summed E-state index contributed by atoms with van der Waals surface area (Å²) in [6, 6.07) is 15.8. The van der Waals surface area contributed by atoms with Crippen molar-refractivity contribution in [2.75, 3.05) is 50.7 Å². The molecule has 162 valence electrons. The number of benzene rings is 2. The number of ether oxygens (including phenoxy) is 3. The number of methoxy groups -OCH3 is 2. The monoisotopic (exact) mass is 438 g/mol. The number of carbonyl (C=O) groups is 1. The molecule has 2 heterocycles. The quantitative estimate of drug-likeness (QED) is 0.597. The molecule has 0 unspecified atom stereocenters. The van der Waals surface area contributed by atoms with Crippen molar-refractivity contribution in [1.82, 2.24) is 0 Å². The van der Waals surface area contributed by atoms with Gasteiger partial charge in [0.2, 0.25) is 0 Å². The summed E-state index contributed by atoms with van der Waals surface area (Å²) in [5.41, 5.74) is 3.77. The SMILES string of the molecule is COc1cc(C)c(NC(=O)c2cc(-c3ccccc3)c(N3CCOCC3)s2)cc1OC. The first-order chi connectivity index (χ1) is 15.1. The Morgan fingerprint density at radius 3 is 2.39 bits per heavy atom. The molecule has 4 rings (SSSR count). The minimum Gasteiger partial charge on any atom is -0.493 e. The molecule has 0 saturated carbocycles. The fourth-order valence-corrected chi connectivity index (χ4v) is 4.75. The molecule has 3 aromatic rings. The smallest absolute Gasteiger partial charge is 0.265 e. The standard InChI is InChI=1S/C24H26N2O4S/c1-16-13-20(28-2)21(29-3)15-19(16)25-23(27)22-14-18(17-7-5-4-6-8-17)24(31-22)26-9-11-30-12-10-26/h4-8,13-15H,9-12H2,1-3H3,(H,25,27). The van der Waals surface area contributed by atoms with E-state index in [1.807, 2.05) is 37.3 Å². The zero-order valence-electron chi connectivity index (χ0n) is 17.9. The molecule has 1 N–H and O–H groups in total. The Balaban J connectivity index is 1.66. The van der Waals surface area contributed by atoms with Crippen LogP contribution in [-0.2, 0) is 4.74 Å². The third-order valence-electron chi connectivity index (χ3n) is 5.30. The second-order valence-electron chi connectivity index (χ2n) is 7.27. The van der Waals surface area contributed by atoms with Gasteiger partial charge in [-0.15, -0.1) is 11.3 Å². The number of hydrogen-bond acceptors (Lipinski definition) is 6. The molecular formula is C24H26N2O4S. The number of aryl methyl sites for hydroxylation is 1. The molecule has 6 nitrogen and oxygen atoms in total. The van der Waals surface area contributed by atoms with Crippen molar-refractivity contribution in [1.29, 1.82) is 0 Å². The lowest BCUT2D eigenvalue weighted by atomic mass is 10.1. The molecule has 31 heavy (non-hydrogen) atoms. The Morgan fingerprint density at radius 1 is 1.03 bits per heavy atom. The third-order valence-corrected chi connectivity index (χ3v) is 6.49. The first-order valence-corrected chi connectivity index (χ1v) is 11.0. The normalized spacial score (nSPS) is 13.7. The van der Waals surface area contributed by atoms with Crippen LogP contribution < -0.4 is 19.7 Å². The van der Waals surface area contributed by atoms with Gasteiger partial charge in [-0.1, -0.05) is 30.3 Å². The van der Waals surface area contributed by atoms with Crippen LogP contribution in [0.4, 0.5) is 10.7 Å². The van der Waals surface area contributed by atoms with E-state index < -0.39 is 0 Å². The zero-order valence-corrected chi connectivity index (χ0v) is 18.8. The number of hydrogen-bond donors (Lipinski definition) is 1. The van der Waals surface area contributed by atoms with Crippen molar-refractivity contribution in [2.24, 2.45) is 0 Å². The van der Waals surface area contributed by atoms with E-state index in [1.165, 1.54) is 11.3 Å². The lowest BCUT2D eigenvalue weighted by molar-refractivity contribution is 0.103. The molecular weight excluding hydrogens is 412 g/mol. The van der Waals surface area contributed by atoms with Gasteiger partial charge >= 0.3 is 0 Å². The Morgan fingerprint density at radius 2 is 1.71 bits per heavy atom. The first kappa shape index (κ1) is 21.2. The maximum absolute atomic E-state index is 13.2. The number of nitrogens with zero attached hydrogens (tertiary/aromatic N) is 1. The second-order valence-corrected chi connectivity index (χ2v) is 8.30. The second kappa shape index (κ2) is 9.41. The van der Waals surface area contributed by atoms with E-state index in [-0.39, 0.29) is 5.91 Å². The Hall–Kier alpha value is -3.03. The van der Waals surface area contributed by atoms with Crippen molar-refractivity contribution >= 4 is 27.9 Å². The average Bonchev–Trinajstić information content (AvgIpc) is 3.27. The van der Waals surface area contributed by atoms with Gasteiger partial charge in [-0.25, -0.2) is 0 Å². The maximum Gasteiger partial charge on any atom is 0.265 e. The van der Waals surface area contributed by atoms with E-state index in [1.54, 1.807) is 20.3 Å². The first-order valence-electron chi connectivity index (χ1n) is 10.2. The molecule has 0 spiro atoms. The molecule has 0 atom stereocenters. The number of rotatable bonds is 6. The minimum atomic E-state index is -0.142. The lowest BCUT2D eigenvalue weighted by Crippen LogP contribution is -2.35. The molecule has 1 aliphatic rings. The van der Waals surface area contributed by atoms with Crippen LogP contribution in [0.1, 0.15) is 15.2 Å². The summed E-state index contributed by atoms with van der Waals surface area (Å²) >= 11 is 1.51. The van der Waals surface area contributed by atoms with E-state index in [0.29, 0.717) is 35.3 Å². The topological polar surface area (TPSA) is 60.0 Å². The van der Waals surface area contributed by atoms with Crippen molar-refractivity contribution < 1.29 is 19.0 Å². The summed E-state index contributed by atoms with van der Waals surface area (Å²) in [5, 5.41) is 4.14. The molecule has 7 heteroatoms. The molecule has 1 aromatic heterocycles. The zero-order chi connectivity index (χ0) is 21.8. The molecule has 0 radical (unpaired) electrons. The van der Waals surface area contributed by atoms with Gasteiger partial charge in [0.1, 0.15) is 0 Å². The van der Waals surface area contributed by atoms with Crippen molar-refractivity contribution in [3.8, 4) is 22.6 Å². The van der Waals surface area contributed by atoms with E-state index in [0.717, 1.165) is 34.8 Å². The minimum absolute atomic E-state index is 0.142. The predicted octanol–water partition coefficient (Wildman–Crippen LogP) is 4.83. The largest absolute Gasteiger partial charge is 0.493 e. The molecule has 1 fully saturated rings. The van der Waals surface area contributed by atoms with Crippen LogP contribution in [-0.4, -0.2) is 46.4 Å². The van der Waals surface area contributed by atoms with Crippen LogP contribution in [0, 0.1) is 6.92 Å². The van der Waals surface area contributed by atoms with Crippen LogP contribution in [0.15, 0.2) is 48.5 Å². The van der Waals surface area contributed by atoms with Crippen molar-refractivity contribution in [2.45, 2.75) is 6.92 Å². The van der Waals surface area contributed by atoms with Crippen molar-refractivity contribution in [3.63, 3.8) is 0 Å². The molecule has 1 saturated heterocycles. The van der Waals surface area contributed by atoms with Crippen LogP contribution in [0.5, 0.6) is 11.5 Å². The number of morpholine rings is 1. The van der Waals surface area contributed by atoms with Crippen LogP contribution in [0.3, 0.4) is 0 Å². The van der Waals surface area contributed by atoms with E-state index >= 15 is 0 Å². The van der Waals surface area contributed by atoms with Gasteiger partial charge in [-0.05, 0) is 30.2 Å². The average molecular weight is 439 g/mol. The summed E-state index contributed by atoms with van der Waals surface area (Å²) in [6.45, 7) is 4.95. The highest BCUT2D eigenvalue weighted by Gasteiger charge is 2.22. The third kappa shape index (κ3) is 4.52. The van der Waals surface area contributed by atoms with Gasteiger partial charge < -0.3 is 24.4 Å². The summed E-state index contributed by atoms with van der Waals surface area (Å²) in [5.74, 6) is 1.07. The number of anilines is 2. The maximum atomic E-state index is 13.2. The Bertz CT molecular complexity index is 1060. The Labute approximate surface area is 186 Å². The van der Waals surface area contributed by atoms with E-state index in [2.05, 4.69) is 22.3 Å². The highest BCUT2D eigenvalue weighted by molar-refractivity contribution is 7.18. The van der Waals surface area contributed by atoms with E-state index in [9.17, 15) is 4.79 Å². The number of amides is 1. The Kier molecular flexibility index (Phi) is 6.44. The van der Waals surface area contributed by atoms with Gasteiger partial charge in [-0.3, -0.25) is 4.79 Å². The summed E-state index contributed by atoms with van der Waals surface area (Å²) in [7, 11) is 3.18. The van der Waals surface area contributed by atoms with Gasteiger partial charge in [-0.2, -0.15) is 0 Å². The number of carbonyl (C=O) groups excluding carboxylic acids is 1. The summed E-state index contributed by atoms with van der Waals surface area (Å²) in [6.07, 6.45) is 0. The highest BCUT2D eigenvalue weighted by atomic mass is 32.1. The van der Waals surface area contributed by atoms with Gasteiger partial charge in [0.25, 0.3) is 5.91 Å². The lowest BCUT2D eigenvalue weighted by Gasteiger charge is -2.28. The number of thiophene rings is 1. The number of nitrogens with one attached hydrogen (secondary N) is 1. The summed E-state index contributed by atoms with van der Waals surface area (Å²) in [4.78, 5) is 16.1. The van der Waals surface area contributed by atoms with Crippen LogP contribution in [0.2, 0.25) is 0 Å². The van der Waals surface area contributed by atoms with E-state index in [4.69, 9.17) is 14.2 Å². The molecule has 2 aromatic carbocycles. The molecule has 1 amide bonds.